The van der Waals surface area contributed by atoms with Crippen molar-refractivity contribution >= 4 is 28.1 Å². The minimum atomic E-state index is -0.514. The number of carbonyl (C=O) groups excluding carboxylic acids is 1. The van der Waals surface area contributed by atoms with Gasteiger partial charge in [0.2, 0.25) is 11.0 Å². The number of hydrogen-bond donors (Lipinski definition) is 1. The van der Waals surface area contributed by atoms with Crippen LogP contribution in [0.15, 0.2) is 41.2 Å². The second-order valence-corrected chi connectivity index (χ2v) is 6.49. The highest BCUT2D eigenvalue weighted by Crippen LogP contribution is 2.21. The second-order valence-electron chi connectivity index (χ2n) is 5.42. The van der Waals surface area contributed by atoms with Crippen LogP contribution in [-0.2, 0) is 17.8 Å². The van der Waals surface area contributed by atoms with Crippen LogP contribution in [0.3, 0.4) is 0 Å². The average Bonchev–Trinajstić information content (AvgIpc) is 3.11. The number of hydrogen-bond acceptors (Lipinski definition) is 8. The lowest BCUT2D eigenvalue weighted by Gasteiger charge is -2.07. The highest BCUT2D eigenvalue weighted by atomic mass is 32.1. The lowest BCUT2D eigenvalue weighted by atomic mass is 10.1. The number of non-ortho nitro benzene ring substituents is 1. The predicted molar refractivity (Wildman–Crippen MR) is 98.5 cm³/mol. The molecule has 0 bridgehead atoms. The van der Waals surface area contributed by atoms with Crippen molar-refractivity contribution in [2.45, 2.75) is 19.9 Å². The molecule has 2 heterocycles. The SMILES string of the molecule is CCc1nnc(NC(=O)Cn2nc(-c3cccc([N+](=O)[O-])c3)ccc2=O)s1. The minimum Gasteiger partial charge on any atom is -0.299 e. The van der Waals surface area contributed by atoms with Crippen molar-refractivity contribution in [2.75, 3.05) is 5.32 Å². The fourth-order valence-corrected chi connectivity index (χ4v) is 2.93. The predicted octanol–water partition coefficient (Wildman–Crippen LogP) is 1.87. The van der Waals surface area contributed by atoms with Gasteiger partial charge < -0.3 is 0 Å². The number of anilines is 1. The number of amides is 1. The van der Waals surface area contributed by atoms with Crippen LogP contribution in [0.2, 0.25) is 0 Å². The summed E-state index contributed by atoms with van der Waals surface area (Å²) in [6.45, 7) is 1.61. The van der Waals surface area contributed by atoms with Gasteiger partial charge in [0.1, 0.15) is 11.6 Å². The summed E-state index contributed by atoms with van der Waals surface area (Å²) in [6.07, 6.45) is 0.708. The van der Waals surface area contributed by atoms with Gasteiger partial charge in [-0.05, 0) is 12.5 Å². The molecule has 0 saturated heterocycles. The maximum absolute atomic E-state index is 12.2. The fourth-order valence-electron chi connectivity index (χ4n) is 2.24. The molecule has 0 unspecified atom stereocenters. The third-order valence-electron chi connectivity index (χ3n) is 3.53. The first-order chi connectivity index (χ1) is 13.0. The zero-order valence-corrected chi connectivity index (χ0v) is 15.0. The average molecular weight is 386 g/mol. The molecule has 0 aliphatic carbocycles. The minimum absolute atomic E-state index is 0.0900. The molecule has 3 rings (SSSR count). The summed E-state index contributed by atoms with van der Waals surface area (Å²) in [5.74, 6) is -0.473. The monoisotopic (exact) mass is 386 g/mol. The molecule has 11 heteroatoms. The lowest BCUT2D eigenvalue weighted by Crippen LogP contribution is -2.29. The Morgan fingerprint density at radius 3 is 2.81 bits per heavy atom. The van der Waals surface area contributed by atoms with E-state index in [1.54, 1.807) is 6.07 Å². The van der Waals surface area contributed by atoms with Gasteiger partial charge >= 0.3 is 0 Å². The summed E-state index contributed by atoms with van der Waals surface area (Å²) in [6, 6.07) is 8.59. The number of benzene rings is 1. The van der Waals surface area contributed by atoms with E-state index in [1.165, 1.54) is 41.7 Å². The van der Waals surface area contributed by atoms with Crippen LogP contribution < -0.4 is 10.9 Å². The van der Waals surface area contributed by atoms with E-state index in [0.717, 1.165) is 9.69 Å². The Morgan fingerprint density at radius 1 is 1.30 bits per heavy atom. The summed E-state index contributed by atoms with van der Waals surface area (Å²) in [5, 5.41) is 26.5. The maximum atomic E-state index is 12.2. The van der Waals surface area contributed by atoms with Crippen LogP contribution in [0.25, 0.3) is 11.3 Å². The fraction of sp³-hybridized carbons (Fsp3) is 0.188. The zero-order chi connectivity index (χ0) is 19.4. The Balaban J connectivity index is 1.81. The van der Waals surface area contributed by atoms with Crippen molar-refractivity contribution in [3.05, 3.63) is 61.9 Å². The van der Waals surface area contributed by atoms with E-state index in [1.807, 2.05) is 6.92 Å². The van der Waals surface area contributed by atoms with Crippen molar-refractivity contribution in [1.82, 2.24) is 20.0 Å². The van der Waals surface area contributed by atoms with Crippen molar-refractivity contribution < 1.29 is 9.72 Å². The van der Waals surface area contributed by atoms with Gasteiger partial charge in [0.05, 0.1) is 10.6 Å². The van der Waals surface area contributed by atoms with Gasteiger partial charge in [-0.1, -0.05) is 30.4 Å². The number of nitro groups is 1. The Bertz CT molecular complexity index is 1060. The maximum Gasteiger partial charge on any atom is 0.270 e. The molecule has 10 nitrogen and oxygen atoms in total. The molecule has 0 aliphatic rings. The first-order valence-electron chi connectivity index (χ1n) is 7.91. The summed E-state index contributed by atoms with van der Waals surface area (Å²) in [7, 11) is 0. The number of nitrogens with zero attached hydrogens (tertiary/aromatic N) is 5. The summed E-state index contributed by atoms with van der Waals surface area (Å²) < 4.78 is 0.991. The standard InChI is InChI=1S/C16H14N6O4S/c1-2-14-18-19-16(27-14)17-13(23)9-21-15(24)7-6-12(20-21)10-4-3-5-11(8-10)22(25)26/h3-8H,2,9H2,1H3,(H,17,19,23). The number of rotatable bonds is 6. The molecule has 0 fully saturated rings. The quantitative estimate of drug-likeness (QED) is 0.505. The molecule has 0 aliphatic heterocycles. The molecule has 138 valence electrons. The van der Waals surface area contributed by atoms with Gasteiger partial charge in [-0.25, -0.2) is 4.68 Å². The molecule has 1 N–H and O–H groups in total. The molecule has 0 saturated carbocycles. The number of nitro benzene ring substituents is 1. The smallest absolute Gasteiger partial charge is 0.270 e. The van der Waals surface area contributed by atoms with E-state index in [2.05, 4.69) is 20.6 Å². The third kappa shape index (κ3) is 4.39. The first kappa shape index (κ1) is 18.3. The van der Waals surface area contributed by atoms with E-state index in [4.69, 9.17) is 0 Å². The van der Waals surface area contributed by atoms with E-state index in [-0.39, 0.29) is 12.2 Å². The number of nitrogens with one attached hydrogen (secondary N) is 1. The van der Waals surface area contributed by atoms with Crippen LogP contribution in [-0.4, -0.2) is 30.8 Å². The van der Waals surface area contributed by atoms with E-state index >= 15 is 0 Å². The molecule has 1 aromatic carbocycles. The van der Waals surface area contributed by atoms with E-state index in [0.29, 0.717) is 22.8 Å². The molecule has 27 heavy (non-hydrogen) atoms. The molecular formula is C16H14N6O4S. The highest BCUT2D eigenvalue weighted by Gasteiger charge is 2.12. The molecule has 0 radical (unpaired) electrons. The van der Waals surface area contributed by atoms with Crippen molar-refractivity contribution in [1.29, 1.82) is 0 Å². The topological polar surface area (TPSA) is 133 Å². The van der Waals surface area contributed by atoms with Crippen LogP contribution >= 0.6 is 11.3 Å². The Hall–Kier alpha value is -3.47. The number of aryl methyl sites for hydroxylation is 1. The summed E-state index contributed by atoms with van der Waals surface area (Å²) in [4.78, 5) is 34.6. The number of carbonyl (C=O) groups is 1. The second kappa shape index (κ2) is 7.83. The zero-order valence-electron chi connectivity index (χ0n) is 14.2. The molecule has 2 aromatic heterocycles. The lowest BCUT2D eigenvalue weighted by molar-refractivity contribution is -0.384. The van der Waals surface area contributed by atoms with Gasteiger partial charge in [-0.3, -0.25) is 25.0 Å². The van der Waals surface area contributed by atoms with Gasteiger partial charge in [-0.15, -0.1) is 10.2 Å². The van der Waals surface area contributed by atoms with Crippen molar-refractivity contribution in [3.63, 3.8) is 0 Å². The Kier molecular flexibility index (Phi) is 5.31. The van der Waals surface area contributed by atoms with E-state index in [9.17, 15) is 19.7 Å². The molecule has 0 spiro atoms. The van der Waals surface area contributed by atoms with Gasteiger partial charge in [0, 0.05) is 23.8 Å². The van der Waals surface area contributed by atoms with Gasteiger partial charge in [0.25, 0.3) is 11.2 Å². The van der Waals surface area contributed by atoms with Crippen LogP contribution in [0.5, 0.6) is 0 Å². The first-order valence-corrected chi connectivity index (χ1v) is 8.73. The molecule has 0 atom stereocenters. The van der Waals surface area contributed by atoms with Gasteiger partial charge in [-0.2, -0.15) is 5.10 Å². The highest BCUT2D eigenvalue weighted by molar-refractivity contribution is 7.15. The normalized spacial score (nSPS) is 10.6. The number of aromatic nitrogens is 4. The summed E-state index contributed by atoms with van der Waals surface area (Å²) >= 11 is 1.25. The largest absolute Gasteiger partial charge is 0.299 e. The van der Waals surface area contributed by atoms with E-state index < -0.39 is 16.4 Å². The molecular weight excluding hydrogens is 372 g/mol. The molecule has 3 aromatic rings. The Labute approximate surface area is 156 Å². The van der Waals surface area contributed by atoms with Gasteiger partial charge in [0.15, 0.2) is 0 Å². The summed E-state index contributed by atoms with van der Waals surface area (Å²) in [5.41, 5.74) is 0.254. The van der Waals surface area contributed by atoms with Crippen LogP contribution in [0.1, 0.15) is 11.9 Å². The third-order valence-corrected chi connectivity index (χ3v) is 4.51. The van der Waals surface area contributed by atoms with Crippen molar-refractivity contribution in [3.8, 4) is 11.3 Å². The molecule has 1 amide bonds. The van der Waals surface area contributed by atoms with Crippen molar-refractivity contribution in [2.24, 2.45) is 0 Å². The van der Waals surface area contributed by atoms with Crippen LogP contribution in [0, 0.1) is 10.1 Å². The van der Waals surface area contributed by atoms with Crippen LogP contribution in [0.4, 0.5) is 10.8 Å². The Morgan fingerprint density at radius 2 is 2.11 bits per heavy atom.